The molecular formula is C19H25N3O. The molecule has 1 N–H and O–H groups in total. The Morgan fingerprint density at radius 2 is 1.87 bits per heavy atom. The van der Waals surface area contributed by atoms with Gasteiger partial charge in [-0.05, 0) is 42.7 Å². The second kappa shape index (κ2) is 8.32. The highest BCUT2D eigenvalue weighted by molar-refractivity contribution is 6.02. The molecule has 0 bridgehead atoms. The van der Waals surface area contributed by atoms with Crippen molar-refractivity contribution in [2.45, 2.75) is 33.1 Å². The van der Waals surface area contributed by atoms with Crippen molar-refractivity contribution >= 4 is 17.3 Å². The van der Waals surface area contributed by atoms with Crippen LogP contribution in [0.4, 0.5) is 11.4 Å². The Morgan fingerprint density at radius 1 is 1.13 bits per heavy atom. The summed E-state index contributed by atoms with van der Waals surface area (Å²) in [6.45, 7) is 5.27. The number of pyridine rings is 1. The highest BCUT2D eigenvalue weighted by Gasteiger charge is 2.09. The summed E-state index contributed by atoms with van der Waals surface area (Å²) in [5, 5.41) is 2.88. The molecule has 4 nitrogen and oxygen atoms in total. The molecule has 1 aromatic heterocycles. The molecule has 0 aliphatic rings. The first-order valence-electron chi connectivity index (χ1n) is 8.21. The average Bonchev–Trinajstić information content (AvgIpc) is 2.60. The predicted molar refractivity (Wildman–Crippen MR) is 96.2 cm³/mol. The molecule has 0 saturated carbocycles. The van der Waals surface area contributed by atoms with Crippen molar-refractivity contribution in [2.24, 2.45) is 0 Å². The van der Waals surface area contributed by atoms with Crippen molar-refractivity contribution in [1.82, 2.24) is 4.98 Å². The Bertz CT molecular complexity index is 620. The quantitative estimate of drug-likeness (QED) is 0.836. The highest BCUT2D eigenvalue weighted by atomic mass is 16.1. The Balaban J connectivity index is 1.99. The van der Waals surface area contributed by atoms with Crippen molar-refractivity contribution < 1.29 is 4.79 Å². The minimum Gasteiger partial charge on any atom is -0.373 e. The molecule has 122 valence electrons. The van der Waals surface area contributed by atoms with E-state index in [0.717, 1.165) is 37.2 Å². The summed E-state index contributed by atoms with van der Waals surface area (Å²) in [5.41, 5.74) is 3.50. The number of benzene rings is 1. The highest BCUT2D eigenvalue weighted by Crippen LogP contribution is 2.14. The van der Waals surface area contributed by atoms with E-state index in [1.165, 1.54) is 5.56 Å². The fourth-order valence-electron chi connectivity index (χ4n) is 2.29. The fraction of sp³-hybridized carbons (Fsp3) is 0.368. The summed E-state index contributed by atoms with van der Waals surface area (Å²) >= 11 is 0. The molecule has 23 heavy (non-hydrogen) atoms. The molecule has 0 fully saturated rings. The Kier molecular flexibility index (Phi) is 6.15. The zero-order valence-electron chi connectivity index (χ0n) is 14.2. The maximum absolute atomic E-state index is 12.2. The van der Waals surface area contributed by atoms with Crippen LogP contribution in [0.15, 0.2) is 42.6 Å². The van der Waals surface area contributed by atoms with E-state index in [0.29, 0.717) is 5.69 Å². The van der Waals surface area contributed by atoms with Crippen molar-refractivity contribution in [3.05, 3.63) is 53.9 Å². The third-order valence-corrected chi connectivity index (χ3v) is 3.89. The molecular weight excluding hydrogens is 286 g/mol. The third-order valence-electron chi connectivity index (χ3n) is 3.89. The second-order valence-corrected chi connectivity index (χ2v) is 5.68. The lowest BCUT2D eigenvalue weighted by Crippen LogP contribution is -2.19. The number of nitrogens with one attached hydrogen (secondary N) is 1. The Labute approximate surface area is 138 Å². The van der Waals surface area contributed by atoms with Crippen LogP contribution in [0.5, 0.6) is 0 Å². The monoisotopic (exact) mass is 311 g/mol. The van der Waals surface area contributed by atoms with Gasteiger partial charge in [-0.15, -0.1) is 0 Å². The average molecular weight is 311 g/mol. The van der Waals surface area contributed by atoms with Crippen LogP contribution in [0.3, 0.4) is 0 Å². The van der Waals surface area contributed by atoms with Gasteiger partial charge in [-0.1, -0.05) is 32.4 Å². The van der Waals surface area contributed by atoms with Gasteiger partial charge in [0.15, 0.2) is 0 Å². The first-order valence-corrected chi connectivity index (χ1v) is 8.21. The van der Waals surface area contributed by atoms with Crippen LogP contribution >= 0.6 is 0 Å². The first-order chi connectivity index (χ1) is 11.1. The zero-order chi connectivity index (χ0) is 16.7. The second-order valence-electron chi connectivity index (χ2n) is 5.68. The summed E-state index contributed by atoms with van der Waals surface area (Å²) in [5.74, 6) is -0.183. The van der Waals surface area contributed by atoms with Gasteiger partial charge in [0.05, 0.1) is 11.9 Å². The van der Waals surface area contributed by atoms with Gasteiger partial charge >= 0.3 is 0 Å². The molecule has 0 spiro atoms. The van der Waals surface area contributed by atoms with E-state index in [9.17, 15) is 4.79 Å². The lowest BCUT2D eigenvalue weighted by atomic mass is 10.1. The standard InChI is InChI=1S/C19H25N3O/c1-4-6-13-22(3)17-11-12-18(20-14-17)19(23)21-16-9-7-15(5-2)8-10-16/h7-12,14H,4-6,13H2,1-3H3,(H,21,23). The number of amides is 1. The SMILES string of the molecule is CCCCN(C)c1ccc(C(=O)Nc2ccc(CC)cc2)nc1. The number of rotatable bonds is 7. The zero-order valence-corrected chi connectivity index (χ0v) is 14.2. The van der Waals surface area contributed by atoms with Crippen LogP contribution in [-0.2, 0) is 6.42 Å². The molecule has 2 aromatic rings. The van der Waals surface area contributed by atoms with Crippen molar-refractivity contribution in [3.63, 3.8) is 0 Å². The van der Waals surface area contributed by atoms with Gasteiger partial charge in [0.1, 0.15) is 5.69 Å². The summed E-state index contributed by atoms with van der Waals surface area (Å²) < 4.78 is 0. The van der Waals surface area contributed by atoms with Crippen molar-refractivity contribution in [3.8, 4) is 0 Å². The number of aromatic nitrogens is 1. The largest absolute Gasteiger partial charge is 0.373 e. The van der Waals surface area contributed by atoms with Gasteiger partial charge in [0.2, 0.25) is 0 Å². The van der Waals surface area contributed by atoms with E-state index in [1.807, 2.05) is 37.4 Å². The minimum absolute atomic E-state index is 0.183. The van der Waals surface area contributed by atoms with E-state index in [4.69, 9.17) is 0 Å². The van der Waals surface area contributed by atoms with Gasteiger partial charge < -0.3 is 10.2 Å². The van der Waals surface area contributed by atoms with Gasteiger partial charge in [-0.25, -0.2) is 4.98 Å². The van der Waals surface area contributed by atoms with E-state index < -0.39 is 0 Å². The number of unbranched alkanes of at least 4 members (excludes halogenated alkanes) is 1. The third kappa shape index (κ3) is 4.81. The summed E-state index contributed by atoms with van der Waals surface area (Å²) in [7, 11) is 2.04. The number of nitrogens with zero attached hydrogens (tertiary/aromatic N) is 2. The molecule has 0 radical (unpaired) electrons. The lowest BCUT2D eigenvalue weighted by molar-refractivity contribution is 0.102. The van der Waals surface area contributed by atoms with Crippen LogP contribution in [0.2, 0.25) is 0 Å². The first kappa shape index (κ1) is 17.0. The van der Waals surface area contributed by atoms with Gasteiger partial charge in [-0.3, -0.25) is 4.79 Å². The number of carbonyl (C=O) groups is 1. The maximum atomic E-state index is 12.2. The van der Waals surface area contributed by atoms with Crippen LogP contribution < -0.4 is 10.2 Å². The molecule has 1 amide bonds. The van der Waals surface area contributed by atoms with Gasteiger partial charge in [0, 0.05) is 19.3 Å². The van der Waals surface area contributed by atoms with Crippen LogP contribution in [0, 0.1) is 0 Å². The molecule has 0 aliphatic carbocycles. The van der Waals surface area contributed by atoms with Crippen molar-refractivity contribution in [2.75, 3.05) is 23.8 Å². The number of aryl methyl sites for hydroxylation is 1. The molecule has 4 heteroatoms. The van der Waals surface area contributed by atoms with Crippen LogP contribution in [0.25, 0.3) is 0 Å². The molecule has 0 saturated heterocycles. The fourth-order valence-corrected chi connectivity index (χ4v) is 2.29. The van der Waals surface area contributed by atoms with Crippen molar-refractivity contribution in [1.29, 1.82) is 0 Å². The predicted octanol–water partition coefficient (Wildman–Crippen LogP) is 4.13. The lowest BCUT2D eigenvalue weighted by Gasteiger charge is -2.18. The minimum atomic E-state index is -0.183. The molecule has 1 heterocycles. The van der Waals surface area contributed by atoms with E-state index in [1.54, 1.807) is 12.3 Å². The van der Waals surface area contributed by atoms with E-state index >= 15 is 0 Å². The smallest absolute Gasteiger partial charge is 0.274 e. The molecule has 0 atom stereocenters. The van der Waals surface area contributed by atoms with Crippen LogP contribution in [0.1, 0.15) is 42.7 Å². The molecule has 0 aliphatic heterocycles. The normalized spacial score (nSPS) is 10.4. The van der Waals surface area contributed by atoms with Gasteiger partial charge in [-0.2, -0.15) is 0 Å². The Morgan fingerprint density at radius 3 is 2.43 bits per heavy atom. The van der Waals surface area contributed by atoms with E-state index in [2.05, 4.69) is 29.0 Å². The number of carbonyl (C=O) groups excluding carboxylic acids is 1. The Hall–Kier alpha value is -2.36. The molecule has 2 rings (SSSR count). The van der Waals surface area contributed by atoms with E-state index in [-0.39, 0.29) is 5.91 Å². The number of hydrogen-bond acceptors (Lipinski definition) is 3. The van der Waals surface area contributed by atoms with Crippen LogP contribution in [-0.4, -0.2) is 24.5 Å². The molecule has 1 aromatic carbocycles. The topological polar surface area (TPSA) is 45.2 Å². The number of hydrogen-bond donors (Lipinski definition) is 1. The number of anilines is 2. The summed E-state index contributed by atoms with van der Waals surface area (Å²) in [6.07, 6.45) is 5.05. The van der Waals surface area contributed by atoms with Gasteiger partial charge in [0.25, 0.3) is 5.91 Å². The maximum Gasteiger partial charge on any atom is 0.274 e. The summed E-state index contributed by atoms with van der Waals surface area (Å²) in [6, 6.07) is 11.6. The summed E-state index contributed by atoms with van der Waals surface area (Å²) in [4.78, 5) is 18.7. The molecule has 0 unspecified atom stereocenters.